The second kappa shape index (κ2) is 11.9. The Morgan fingerprint density at radius 2 is 1.97 bits per heavy atom. The van der Waals surface area contributed by atoms with Crippen molar-refractivity contribution in [2.24, 2.45) is 5.92 Å². The van der Waals surface area contributed by atoms with Crippen molar-refractivity contribution in [3.63, 3.8) is 0 Å². The molecule has 0 saturated carbocycles. The van der Waals surface area contributed by atoms with Gasteiger partial charge in [0.25, 0.3) is 5.91 Å². The number of ether oxygens (including phenoxy) is 2. The van der Waals surface area contributed by atoms with Crippen molar-refractivity contribution in [3.05, 3.63) is 58.5 Å². The van der Waals surface area contributed by atoms with Gasteiger partial charge < -0.3 is 14.8 Å². The standard InChI is InChI=1S/C25H29ClFN3O4/c1-4-16(5-10-23(31)18-7-6-17(26)13-21(18)27)14-30-15-20-22(29-30)9-8-19(24(20)34-3)25(32)28-11-12-33-2/h6-9,13,15-16H,4-5,10-12,14H2,1-3H3,(H,28,32). The molecule has 0 aliphatic carbocycles. The molecule has 0 aliphatic heterocycles. The van der Waals surface area contributed by atoms with Crippen molar-refractivity contribution >= 4 is 34.2 Å². The lowest BCUT2D eigenvalue weighted by Gasteiger charge is -2.14. The number of nitrogens with zero attached hydrogens (tertiary/aromatic N) is 2. The van der Waals surface area contributed by atoms with E-state index < -0.39 is 5.82 Å². The minimum absolute atomic E-state index is 0.0603. The van der Waals surface area contributed by atoms with E-state index in [1.165, 1.54) is 19.2 Å². The predicted octanol–water partition coefficient (Wildman–Crippen LogP) is 4.90. The maximum atomic E-state index is 14.1. The summed E-state index contributed by atoms with van der Waals surface area (Å²) in [5.74, 6) is -0.471. The molecule has 2 aromatic carbocycles. The van der Waals surface area contributed by atoms with E-state index in [9.17, 15) is 14.0 Å². The number of amides is 1. The molecule has 0 aliphatic rings. The van der Waals surface area contributed by atoms with Gasteiger partial charge in [-0.15, -0.1) is 0 Å². The van der Waals surface area contributed by atoms with Gasteiger partial charge in [0.1, 0.15) is 11.6 Å². The summed E-state index contributed by atoms with van der Waals surface area (Å²) in [4.78, 5) is 25.0. The molecular weight excluding hydrogens is 461 g/mol. The summed E-state index contributed by atoms with van der Waals surface area (Å²) in [5, 5.41) is 8.41. The van der Waals surface area contributed by atoms with Gasteiger partial charge in [-0.1, -0.05) is 24.9 Å². The van der Waals surface area contributed by atoms with Crippen molar-refractivity contribution in [3.8, 4) is 5.75 Å². The van der Waals surface area contributed by atoms with Crippen LogP contribution < -0.4 is 10.1 Å². The minimum Gasteiger partial charge on any atom is -0.495 e. The third-order valence-electron chi connectivity index (χ3n) is 5.76. The quantitative estimate of drug-likeness (QED) is 0.289. The van der Waals surface area contributed by atoms with E-state index in [0.29, 0.717) is 42.9 Å². The number of ketones is 1. The Morgan fingerprint density at radius 3 is 2.65 bits per heavy atom. The Balaban J connectivity index is 1.71. The van der Waals surface area contributed by atoms with Gasteiger partial charge in [0.15, 0.2) is 5.78 Å². The molecule has 1 N–H and O–H groups in total. The molecule has 0 fully saturated rings. The van der Waals surface area contributed by atoms with Gasteiger partial charge in [0.2, 0.25) is 0 Å². The second-order valence-electron chi connectivity index (χ2n) is 8.04. The molecule has 34 heavy (non-hydrogen) atoms. The van der Waals surface area contributed by atoms with E-state index >= 15 is 0 Å². The number of methoxy groups -OCH3 is 2. The Labute approximate surface area is 203 Å². The molecular formula is C25H29ClFN3O4. The first-order chi connectivity index (χ1) is 16.4. The molecule has 0 bridgehead atoms. The summed E-state index contributed by atoms with van der Waals surface area (Å²) in [6.07, 6.45) is 3.51. The first-order valence-electron chi connectivity index (χ1n) is 11.2. The number of carbonyl (C=O) groups excluding carboxylic acids is 2. The van der Waals surface area contributed by atoms with Crippen LogP contribution in [0.1, 0.15) is 46.9 Å². The lowest BCUT2D eigenvalue weighted by molar-refractivity contribution is 0.0932. The lowest BCUT2D eigenvalue weighted by Crippen LogP contribution is -2.27. The molecule has 7 nitrogen and oxygen atoms in total. The zero-order chi connectivity index (χ0) is 24.7. The van der Waals surface area contributed by atoms with E-state index in [-0.39, 0.29) is 34.6 Å². The number of nitrogens with one attached hydrogen (secondary N) is 1. The van der Waals surface area contributed by atoms with Crippen molar-refractivity contribution < 1.29 is 23.5 Å². The Hall–Kier alpha value is -2.97. The Morgan fingerprint density at radius 1 is 1.21 bits per heavy atom. The van der Waals surface area contributed by atoms with Crippen molar-refractivity contribution in [2.75, 3.05) is 27.4 Å². The molecule has 9 heteroatoms. The van der Waals surface area contributed by atoms with E-state index in [1.807, 2.05) is 13.1 Å². The van der Waals surface area contributed by atoms with Crippen LogP contribution in [0.3, 0.4) is 0 Å². The van der Waals surface area contributed by atoms with E-state index in [2.05, 4.69) is 10.4 Å². The fourth-order valence-corrected chi connectivity index (χ4v) is 4.00. The second-order valence-corrected chi connectivity index (χ2v) is 8.48. The van der Waals surface area contributed by atoms with Gasteiger partial charge in [0, 0.05) is 37.8 Å². The third-order valence-corrected chi connectivity index (χ3v) is 6.00. The number of hydrogen-bond donors (Lipinski definition) is 1. The average molecular weight is 490 g/mol. The highest BCUT2D eigenvalue weighted by atomic mass is 35.5. The zero-order valence-corrected chi connectivity index (χ0v) is 20.3. The summed E-state index contributed by atoms with van der Waals surface area (Å²) in [6.45, 7) is 3.44. The largest absolute Gasteiger partial charge is 0.495 e. The highest BCUT2D eigenvalue weighted by molar-refractivity contribution is 6.30. The average Bonchev–Trinajstić information content (AvgIpc) is 3.23. The number of benzene rings is 2. The van der Waals surface area contributed by atoms with Crippen molar-refractivity contribution in [1.29, 1.82) is 0 Å². The van der Waals surface area contributed by atoms with Crippen LogP contribution in [0.15, 0.2) is 36.5 Å². The molecule has 0 radical (unpaired) electrons. The Kier molecular flexibility index (Phi) is 9.01. The van der Waals surface area contributed by atoms with E-state index in [4.69, 9.17) is 21.1 Å². The predicted molar refractivity (Wildman–Crippen MR) is 129 cm³/mol. The molecule has 3 rings (SSSR count). The van der Waals surface area contributed by atoms with Crippen LogP contribution in [0, 0.1) is 11.7 Å². The molecule has 1 amide bonds. The van der Waals surface area contributed by atoms with Crippen LogP contribution in [0.4, 0.5) is 4.39 Å². The number of aromatic nitrogens is 2. The van der Waals surface area contributed by atoms with Crippen LogP contribution in [-0.4, -0.2) is 48.8 Å². The van der Waals surface area contributed by atoms with Gasteiger partial charge in [-0.25, -0.2) is 4.39 Å². The highest BCUT2D eigenvalue weighted by Gasteiger charge is 2.19. The SMILES string of the molecule is CCC(CCC(=O)c1ccc(Cl)cc1F)Cn1cc2c(OC)c(C(=O)NCCOC)ccc2n1. The number of carbonyl (C=O) groups is 2. The zero-order valence-electron chi connectivity index (χ0n) is 19.6. The summed E-state index contributed by atoms with van der Waals surface area (Å²) < 4.78 is 26.4. The smallest absolute Gasteiger partial charge is 0.255 e. The first-order valence-corrected chi connectivity index (χ1v) is 11.5. The number of hydrogen-bond acceptors (Lipinski definition) is 5. The fraction of sp³-hybridized carbons (Fsp3) is 0.400. The Bertz CT molecular complexity index is 1160. The maximum Gasteiger partial charge on any atom is 0.255 e. The van der Waals surface area contributed by atoms with Crippen LogP contribution in [0.5, 0.6) is 5.75 Å². The molecule has 1 atom stereocenters. The molecule has 3 aromatic rings. The molecule has 1 heterocycles. The van der Waals surface area contributed by atoms with Crippen molar-refractivity contribution in [2.45, 2.75) is 32.7 Å². The summed E-state index contributed by atoms with van der Waals surface area (Å²) in [6, 6.07) is 7.58. The molecule has 1 unspecified atom stereocenters. The minimum atomic E-state index is -0.599. The lowest BCUT2D eigenvalue weighted by atomic mass is 9.96. The summed E-state index contributed by atoms with van der Waals surface area (Å²) >= 11 is 5.78. The first kappa shape index (κ1) is 25.6. The highest BCUT2D eigenvalue weighted by Crippen LogP contribution is 2.30. The molecule has 0 spiro atoms. The number of halogens is 2. The van der Waals surface area contributed by atoms with Gasteiger partial charge in [-0.3, -0.25) is 14.3 Å². The van der Waals surface area contributed by atoms with Crippen LogP contribution >= 0.6 is 11.6 Å². The number of Topliss-reactive ketones (excluding diaryl/α,β-unsaturated/α-hetero) is 1. The van der Waals surface area contributed by atoms with Gasteiger partial charge >= 0.3 is 0 Å². The molecule has 1 aromatic heterocycles. The van der Waals surface area contributed by atoms with Crippen LogP contribution in [-0.2, 0) is 11.3 Å². The van der Waals surface area contributed by atoms with Crippen LogP contribution in [0.25, 0.3) is 10.9 Å². The van der Waals surface area contributed by atoms with Gasteiger partial charge in [-0.05, 0) is 42.7 Å². The normalized spacial score (nSPS) is 12.0. The maximum absolute atomic E-state index is 14.1. The summed E-state index contributed by atoms with van der Waals surface area (Å²) in [5.41, 5.74) is 1.19. The van der Waals surface area contributed by atoms with Crippen molar-refractivity contribution in [1.82, 2.24) is 15.1 Å². The van der Waals surface area contributed by atoms with Crippen LogP contribution in [0.2, 0.25) is 5.02 Å². The fourth-order valence-electron chi connectivity index (χ4n) is 3.85. The topological polar surface area (TPSA) is 82.5 Å². The van der Waals surface area contributed by atoms with Gasteiger partial charge in [-0.2, -0.15) is 5.10 Å². The number of fused-ring (bicyclic) bond motifs is 1. The molecule has 0 saturated heterocycles. The summed E-state index contributed by atoms with van der Waals surface area (Å²) in [7, 11) is 3.09. The number of rotatable bonds is 12. The van der Waals surface area contributed by atoms with E-state index in [0.717, 1.165) is 17.9 Å². The monoisotopic (exact) mass is 489 g/mol. The van der Waals surface area contributed by atoms with E-state index in [1.54, 1.807) is 23.9 Å². The third kappa shape index (κ3) is 6.12. The van der Waals surface area contributed by atoms with Gasteiger partial charge in [0.05, 0.1) is 35.7 Å². The molecule has 182 valence electrons.